The van der Waals surface area contributed by atoms with E-state index in [1.54, 1.807) is 0 Å². The van der Waals surface area contributed by atoms with Crippen LogP contribution in [0.4, 0.5) is 0 Å². The number of aromatic nitrogens is 2. The summed E-state index contributed by atoms with van der Waals surface area (Å²) in [5.41, 5.74) is 8.66. The Labute approximate surface area is 123 Å². The van der Waals surface area contributed by atoms with Crippen molar-refractivity contribution in [1.29, 1.82) is 0 Å². The first-order chi connectivity index (χ1) is 9.47. The predicted molar refractivity (Wildman–Crippen MR) is 83.5 cm³/mol. The molecule has 114 valence electrons. The van der Waals surface area contributed by atoms with Crippen molar-refractivity contribution in [3.63, 3.8) is 0 Å². The Morgan fingerprint density at radius 2 is 2.10 bits per heavy atom. The minimum absolute atomic E-state index is 0.304. The van der Waals surface area contributed by atoms with Crippen molar-refractivity contribution >= 4 is 0 Å². The van der Waals surface area contributed by atoms with Gasteiger partial charge >= 0.3 is 0 Å². The maximum atomic E-state index is 6.14. The summed E-state index contributed by atoms with van der Waals surface area (Å²) in [5.74, 6) is 1.48. The lowest BCUT2D eigenvalue weighted by Crippen LogP contribution is -2.49. The Balaban J connectivity index is 2.30. The van der Waals surface area contributed by atoms with E-state index < -0.39 is 0 Å². The number of aryl methyl sites for hydroxylation is 2. The minimum atomic E-state index is 0.304. The Morgan fingerprint density at radius 3 is 2.70 bits per heavy atom. The molecule has 1 saturated heterocycles. The standard InChI is InChI=1S/C16H30N4/c1-6-15-14(10-19(5)18-15)16(8-17)20-9-11(2)7-12(3)13(20)4/h10-13,16H,6-9,17H2,1-5H3. The van der Waals surface area contributed by atoms with Crippen molar-refractivity contribution in [2.45, 2.75) is 52.6 Å². The second-order valence-corrected chi connectivity index (χ2v) is 6.57. The summed E-state index contributed by atoms with van der Waals surface area (Å²) in [6, 6.07) is 0.892. The zero-order valence-electron chi connectivity index (χ0n) is 13.6. The van der Waals surface area contributed by atoms with Gasteiger partial charge in [0.15, 0.2) is 0 Å². The van der Waals surface area contributed by atoms with Gasteiger partial charge in [-0.1, -0.05) is 20.8 Å². The zero-order valence-corrected chi connectivity index (χ0v) is 13.6. The highest BCUT2D eigenvalue weighted by atomic mass is 15.3. The van der Waals surface area contributed by atoms with Crippen LogP contribution >= 0.6 is 0 Å². The number of hydrogen-bond acceptors (Lipinski definition) is 3. The molecule has 0 aliphatic carbocycles. The third-order valence-corrected chi connectivity index (χ3v) is 4.90. The minimum Gasteiger partial charge on any atom is -0.329 e. The molecule has 2 rings (SSSR count). The van der Waals surface area contributed by atoms with E-state index >= 15 is 0 Å². The van der Waals surface area contributed by atoms with Crippen molar-refractivity contribution in [2.75, 3.05) is 13.1 Å². The zero-order chi connectivity index (χ0) is 14.9. The van der Waals surface area contributed by atoms with Gasteiger partial charge in [-0.3, -0.25) is 9.58 Å². The molecule has 1 fully saturated rings. The van der Waals surface area contributed by atoms with Crippen molar-refractivity contribution in [1.82, 2.24) is 14.7 Å². The van der Waals surface area contributed by atoms with Gasteiger partial charge in [-0.05, 0) is 31.6 Å². The van der Waals surface area contributed by atoms with E-state index in [-0.39, 0.29) is 0 Å². The number of nitrogens with two attached hydrogens (primary N) is 1. The highest BCUT2D eigenvalue weighted by Gasteiger charge is 2.34. The Kier molecular flexibility index (Phi) is 4.86. The van der Waals surface area contributed by atoms with Crippen molar-refractivity contribution in [2.24, 2.45) is 24.6 Å². The maximum Gasteiger partial charge on any atom is 0.0670 e. The summed E-state index contributed by atoms with van der Waals surface area (Å²) in [5, 5.41) is 4.59. The molecule has 0 amide bonds. The van der Waals surface area contributed by atoms with Crippen LogP contribution in [0.15, 0.2) is 6.20 Å². The van der Waals surface area contributed by atoms with Gasteiger partial charge in [0.2, 0.25) is 0 Å². The van der Waals surface area contributed by atoms with Crippen LogP contribution in [0.3, 0.4) is 0 Å². The fraction of sp³-hybridized carbons (Fsp3) is 0.812. The normalized spacial score (nSPS) is 29.6. The van der Waals surface area contributed by atoms with Gasteiger partial charge in [0, 0.05) is 37.9 Å². The number of likely N-dealkylation sites (tertiary alicyclic amines) is 1. The fourth-order valence-corrected chi connectivity index (χ4v) is 3.72. The molecule has 4 unspecified atom stereocenters. The molecule has 1 aliphatic rings. The topological polar surface area (TPSA) is 47.1 Å². The monoisotopic (exact) mass is 278 g/mol. The summed E-state index contributed by atoms with van der Waals surface area (Å²) in [4.78, 5) is 2.61. The van der Waals surface area contributed by atoms with Crippen LogP contribution < -0.4 is 5.73 Å². The molecule has 0 radical (unpaired) electrons. The van der Waals surface area contributed by atoms with Gasteiger partial charge in [-0.2, -0.15) is 5.10 Å². The number of nitrogens with zero attached hydrogens (tertiary/aromatic N) is 3. The predicted octanol–water partition coefficient (Wildman–Crippen LogP) is 2.35. The Bertz CT molecular complexity index is 440. The van der Waals surface area contributed by atoms with Gasteiger partial charge < -0.3 is 5.73 Å². The van der Waals surface area contributed by atoms with Crippen LogP contribution in [0.25, 0.3) is 0 Å². The van der Waals surface area contributed by atoms with Crippen LogP contribution in [0.2, 0.25) is 0 Å². The molecule has 4 atom stereocenters. The molecule has 1 aromatic rings. The smallest absolute Gasteiger partial charge is 0.0670 e. The van der Waals surface area contributed by atoms with Crippen molar-refractivity contribution in [3.8, 4) is 0 Å². The molecule has 2 N–H and O–H groups in total. The van der Waals surface area contributed by atoms with Gasteiger partial charge in [-0.15, -0.1) is 0 Å². The molecule has 4 nitrogen and oxygen atoms in total. The summed E-state index contributed by atoms with van der Waals surface area (Å²) in [6.45, 7) is 11.1. The lowest BCUT2D eigenvalue weighted by molar-refractivity contribution is 0.0421. The van der Waals surface area contributed by atoms with E-state index in [9.17, 15) is 0 Å². The van der Waals surface area contributed by atoms with Crippen LogP contribution in [-0.4, -0.2) is 33.8 Å². The third kappa shape index (κ3) is 2.91. The maximum absolute atomic E-state index is 6.14. The number of rotatable bonds is 4. The molecule has 20 heavy (non-hydrogen) atoms. The van der Waals surface area contributed by atoms with Crippen molar-refractivity contribution < 1.29 is 0 Å². The lowest BCUT2D eigenvalue weighted by Gasteiger charge is -2.45. The van der Waals surface area contributed by atoms with Gasteiger partial charge in [0.1, 0.15) is 0 Å². The first kappa shape index (κ1) is 15.5. The molecule has 0 spiro atoms. The van der Waals surface area contributed by atoms with E-state index in [4.69, 9.17) is 5.73 Å². The quantitative estimate of drug-likeness (QED) is 0.919. The fourth-order valence-electron chi connectivity index (χ4n) is 3.72. The second-order valence-electron chi connectivity index (χ2n) is 6.57. The summed E-state index contributed by atoms with van der Waals surface area (Å²) < 4.78 is 1.93. The van der Waals surface area contributed by atoms with Crippen LogP contribution in [0, 0.1) is 11.8 Å². The highest BCUT2D eigenvalue weighted by Crippen LogP contribution is 2.34. The largest absolute Gasteiger partial charge is 0.329 e. The summed E-state index contributed by atoms with van der Waals surface area (Å²) in [6.07, 6.45) is 4.45. The molecule has 1 aliphatic heterocycles. The third-order valence-electron chi connectivity index (χ3n) is 4.90. The van der Waals surface area contributed by atoms with Crippen LogP contribution in [0.1, 0.15) is 51.4 Å². The van der Waals surface area contributed by atoms with E-state index in [0.717, 1.165) is 24.8 Å². The van der Waals surface area contributed by atoms with Crippen LogP contribution in [0.5, 0.6) is 0 Å². The average Bonchev–Trinajstić information content (AvgIpc) is 2.77. The summed E-state index contributed by atoms with van der Waals surface area (Å²) >= 11 is 0. The first-order valence-electron chi connectivity index (χ1n) is 7.96. The molecule has 0 bridgehead atoms. The van der Waals surface area contributed by atoms with Crippen molar-refractivity contribution in [3.05, 3.63) is 17.5 Å². The molecule has 0 saturated carbocycles. The van der Waals surface area contributed by atoms with Crippen LogP contribution in [-0.2, 0) is 13.5 Å². The number of piperidine rings is 1. The van der Waals surface area contributed by atoms with E-state index in [0.29, 0.717) is 18.6 Å². The lowest BCUT2D eigenvalue weighted by atomic mass is 9.84. The molecule has 1 aromatic heterocycles. The molecule has 0 aromatic carbocycles. The number of hydrogen-bond donors (Lipinski definition) is 1. The van der Waals surface area contributed by atoms with E-state index in [1.807, 2.05) is 11.7 Å². The van der Waals surface area contributed by atoms with E-state index in [2.05, 4.69) is 43.9 Å². The van der Waals surface area contributed by atoms with Gasteiger partial charge in [-0.25, -0.2) is 0 Å². The Morgan fingerprint density at radius 1 is 1.40 bits per heavy atom. The Hall–Kier alpha value is -0.870. The molecule has 2 heterocycles. The first-order valence-corrected chi connectivity index (χ1v) is 7.96. The SMILES string of the molecule is CCc1nn(C)cc1C(CN)N1CC(C)CC(C)C1C. The molecular weight excluding hydrogens is 248 g/mol. The van der Waals surface area contributed by atoms with Gasteiger partial charge in [0.05, 0.1) is 11.7 Å². The molecular formula is C16H30N4. The summed E-state index contributed by atoms with van der Waals surface area (Å²) in [7, 11) is 2.00. The van der Waals surface area contributed by atoms with E-state index in [1.165, 1.54) is 17.7 Å². The highest BCUT2D eigenvalue weighted by molar-refractivity contribution is 5.22. The molecule has 4 heteroatoms. The second kappa shape index (κ2) is 6.27. The van der Waals surface area contributed by atoms with Gasteiger partial charge in [0.25, 0.3) is 0 Å². The average molecular weight is 278 g/mol.